The lowest BCUT2D eigenvalue weighted by atomic mass is 10.0. The van der Waals surface area contributed by atoms with Crippen molar-refractivity contribution >= 4 is 18.3 Å². The molecule has 124 valence electrons. The zero-order valence-corrected chi connectivity index (χ0v) is 14.5. The van der Waals surface area contributed by atoms with Crippen LogP contribution in [-0.4, -0.2) is 29.4 Å². The monoisotopic (exact) mass is 324 g/mol. The molecule has 0 heterocycles. The third-order valence-electron chi connectivity index (χ3n) is 4.71. The number of carbonyl (C=O) groups is 1. The van der Waals surface area contributed by atoms with Crippen LogP contribution in [-0.2, 0) is 11.2 Å². The van der Waals surface area contributed by atoms with E-state index in [-0.39, 0.29) is 30.3 Å². The van der Waals surface area contributed by atoms with E-state index in [4.69, 9.17) is 5.73 Å². The Labute approximate surface area is 140 Å². The van der Waals surface area contributed by atoms with Crippen molar-refractivity contribution in [2.75, 3.05) is 6.54 Å². The van der Waals surface area contributed by atoms with Gasteiger partial charge in [0.25, 0.3) is 0 Å². The van der Waals surface area contributed by atoms with Crippen LogP contribution in [0.2, 0.25) is 0 Å². The van der Waals surface area contributed by atoms with Crippen molar-refractivity contribution < 1.29 is 4.79 Å². The van der Waals surface area contributed by atoms with E-state index in [1.807, 2.05) is 19.9 Å². The van der Waals surface area contributed by atoms with Gasteiger partial charge >= 0.3 is 0 Å². The van der Waals surface area contributed by atoms with Gasteiger partial charge in [0.2, 0.25) is 5.91 Å². The summed E-state index contributed by atoms with van der Waals surface area (Å²) in [5, 5.41) is 0. The minimum absolute atomic E-state index is 0. The van der Waals surface area contributed by atoms with Crippen LogP contribution in [0.25, 0.3) is 0 Å². The zero-order chi connectivity index (χ0) is 15.2. The van der Waals surface area contributed by atoms with Gasteiger partial charge in [0, 0.05) is 18.6 Å². The highest BCUT2D eigenvalue weighted by atomic mass is 35.5. The van der Waals surface area contributed by atoms with Crippen LogP contribution in [0.15, 0.2) is 30.3 Å². The molecule has 1 fully saturated rings. The van der Waals surface area contributed by atoms with Gasteiger partial charge < -0.3 is 10.6 Å². The molecule has 1 aliphatic carbocycles. The Bertz CT molecular complexity index is 444. The average molecular weight is 325 g/mol. The van der Waals surface area contributed by atoms with Gasteiger partial charge in [-0.05, 0) is 31.7 Å². The Morgan fingerprint density at radius 3 is 2.36 bits per heavy atom. The predicted molar refractivity (Wildman–Crippen MR) is 94.2 cm³/mol. The molecule has 2 unspecified atom stereocenters. The lowest BCUT2D eigenvalue weighted by molar-refractivity contribution is -0.137. The fraction of sp³-hybridized carbons (Fsp3) is 0.611. The maximum atomic E-state index is 12.7. The van der Waals surface area contributed by atoms with Gasteiger partial charge in [-0.2, -0.15) is 0 Å². The molecule has 0 bridgehead atoms. The summed E-state index contributed by atoms with van der Waals surface area (Å²) in [6.07, 6.45) is 5.70. The summed E-state index contributed by atoms with van der Waals surface area (Å²) in [5.41, 5.74) is 7.23. The summed E-state index contributed by atoms with van der Waals surface area (Å²) in [6.45, 7) is 4.69. The quantitative estimate of drug-likeness (QED) is 0.871. The number of carbonyl (C=O) groups excluding carboxylic acids is 1. The van der Waals surface area contributed by atoms with E-state index in [0.717, 1.165) is 25.8 Å². The van der Waals surface area contributed by atoms with E-state index in [1.54, 1.807) is 0 Å². The standard InChI is InChI=1S/C18H28N2O.ClH/c1-14(15(2)19)18(21)20(17-10-6-7-11-17)13-12-16-8-4-3-5-9-16;/h3-5,8-9,14-15,17H,6-7,10-13,19H2,1-2H3;1H. The Balaban J connectivity index is 0.00000242. The highest BCUT2D eigenvalue weighted by molar-refractivity contribution is 5.85. The fourth-order valence-electron chi connectivity index (χ4n) is 3.07. The number of hydrogen-bond donors (Lipinski definition) is 1. The van der Waals surface area contributed by atoms with E-state index in [2.05, 4.69) is 29.2 Å². The average Bonchev–Trinajstić information content (AvgIpc) is 3.01. The first kappa shape index (κ1) is 19.0. The molecule has 0 aliphatic heterocycles. The number of amides is 1. The van der Waals surface area contributed by atoms with E-state index in [1.165, 1.54) is 18.4 Å². The molecule has 2 atom stereocenters. The highest BCUT2D eigenvalue weighted by Gasteiger charge is 2.30. The highest BCUT2D eigenvalue weighted by Crippen LogP contribution is 2.25. The first-order valence-corrected chi connectivity index (χ1v) is 8.19. The van der Waals surface area contributed by atoms with Gasteiger partial charge in [0.1, 0.15) is 0 Å². The number of rotatable bonds is 6. The SMILES string of the molecule is CC(N)C(C)C(=O)N(CCc1ccccc1)C1CCCC1.Cl. The van der Waals surface area contributed by atoms with Crippen molar-refractivity contribution in [3.63, 3.8) is 0 Å². The number of benzene rings is 1. The van der Waals surface area contributed by atoms with Crippen LogP contribution in [0.5, 0.6) is 0 Å². The molecule has 1 saturated carbocycles. The molecule has 0 radical (unpaired) electrons. The topological polar surface area (TPSA) is 46.3 Å². The van der Waals surface area contributed by atoms with Crippen molar-refractivity contribution in [2.45, 2.75) is 58.0 Å². The summed E-state index contributed by atoms with van der Waals surface area (Å²) in [5.74, 6) is 0.134. The molecular formula is C18H29ClN2O. The smallest absolute Gasteiger partial charge is 0.227 e. The molecule has 2 N–H and O–H groups in total. The minimum Gasteiger partial charge on any atom is -0.339 e. The molecule has 3 nitrogen and oxygen atoms in total. The van der Waals surface area contributed by atoms with Gasteiger partial charge in [-0.3, -0.25) is 4.79 Å². The summed E-state index contributed by atoms with van der Waals surface area (Å²) in [7, 11) is 0. The molecule has 4 heteroatoms. The lowest BCUT2D eigenvalue weighted by Gasteiger charge is -2.32. The molecule has 0 saturated heterocycles. The van der Waals surface area contributed by atoms with E-state index < -0.39 is 0 Å². The third-order valence-corrected chi connectivity index (χ3v) is 4.71. The Morgan fingerprint density at radius 2 is 1.82 bits per heavy atom. The van der Waals surface area contributed by atoms with E-state index in [9.17, 15) is 4.79 Å². The van der Waals surface area contributed by atoms with Gasteiger partial charge in [0.05, 0.1) is 5.92 Å². The minimum atomic E-state index is -0.0960. The van der Waals surface area contributed by atoms with Crippen LogP contribution in [0.4, 0.5) is 0 Å². The Hall–Kier alpha value is -1.06. The van der Waals surface area contributed by atoms with E-state index >= 15 is 0 Å². The van der Waals surface area contributed by atoms with Crippen LogP contribution in [0.1, 0.15) is 45.1 Å². The van der Waals surface area contributed by atoms with Crippen LogP contribution in [0.3, 0.4) is 0 Å². The number of hydrogen-bond acceptors (Lipinski definition) is 2. The number of nitrogens with two attached hydrogens (primary N) is 1. The second kappa shape index (κ2) is 9.16. The van der Waals surface area contributed by atoms with Crippen LogP contribution < -0.4 is 5.73 Å². The van der Waals surface area contributed by atoms with Crippen molar-refractivity contribution in [2.24, 2.45) is 11.7 Å². The molecule has 1 amide bonds. The first-order chi connectivity index (χ1) is 10.1. The molecular weight excluding hydrogens is 296 g/mol. The van der Waals surface area contributed by atoms with Crippen molar-refractivity contribution in [3.8, 4) is 0 Å². The summed E-state index contributed by atoms with van der Waals surface area (Å²) < 4.78 is 0. The Morgan fingerprint density at radius 1 is 1.23 bits per heavy atom. The van der Waals surface area contributed by atoms with Gasteiger partial charge in [-0.25, -0.2) is 0 Å². The molecule has 1 aliphatic rings. The second-order valence-electron chi connectivity index (χ2n) is 6.35. The molecule has 0 spiro atoms. The largest absolute Gasteiger partial charge is 0.339 e. The molecule has 0 aromatic heterocycles. The van der Waals surface area contributed by atoms with Crippen molar-refractivity contribution in [1.82, 2.24) is 4.90 Å². The van der Waals surface area contributed by atoms with Gasteiger partial charge in [-0.1, -0.05) is 50.1 Å². The second-order valence-corrected chi connectivity index (χ2v) is 6.35. The maximum Gasteiger partial charge on any atom is 0.227 e. The van der Waals surface area contributed by atoms with E-state index in [0.29, 0.717) is 6.04 Å². The Kier molecular flexibility index (Phi) is 7.91. The summed E-state index contributed by atoms with van der Waals surface area (Å²) >= 11 is 0. The fourth-order valence-corrected chi connectivity index (χ4v) is 3.07. The van der Waals surface area contributed by atoms with Crippen molar-refractivity contribution in [3.05, 3.63) is 35.9 Å². The van der Waals surface area contributed by atoms with Crippen LogP contribution in [0, 0.1) is 5.92 Å². The number of halogens is 1. The van der Waals surface area contributed by atoms with Crippen molar-refractivity contribution in [1.29, 1.82) is 0 Å². The summed E-state index contributed by atoms with van der Waals surface area (Å²) in [4.78, 5) is 14.8. The molecule has 1 aromatic rings. The first-order valence-electron chi connectivity index (χ1n) is 8.19. The molecule has 22 heavy (non-hydrogen) atoms. The third kappa shape index (κ3) is 4.99. The van der Waals surface area contributed by atoms with Gasteiger partial charge in [0.15, 0.2) is 0 Å². The molecule has 2 rings (SSSR count). The molecule has 1 aromatic carbocycles. The van der Waals surface area contributed by atoms with Crippen LogP contribution >= 0.6 is 12.4 Å². The zero-order valence-electron chi connectivity index (χ0n) is 13.7. The number of nitrogens with zero attached hydrogens (tertiary/aromatic N) is 1. The summed E-state index contributed by atoms with van der Waals surface area (Å²) in [6, 6.07) is 10.7. The lowest BCUT2D eigenvalue weighted by Crippen LogP contribution is -2.46. The maximum absolute atomic E-state index is 12.7. The van der Waals surface area contributed by atoms with Gasteiger partial charge in [-0.15, -0.1) is 12.4 Å². The predicted octanol–water partition coefficient (Wildman–Crippen LogP) is 3.41. The normalized spacial score (nSPS) is 17.6.